The third-order valence-corrected chi connectivity index (χ3v) is 5.86. The van der Waals surface area contributed by atoms with Crippen molar-refractivity contribution in [3.05, 3.63) is 66.7 Å². The van der Waals surface area contributed by atoms with Crippen molar-refractivity contribution in [1.29, 1.82) is 0 Å². The van der Waals surface area contributed by atoms with E-state index < -0.39 is 0 Å². The van der Waals surface area contributed by atoms with Crippen molar-refractivity contribution in [1.82, 2.24) is 29.5 Å². The second-order valence-corrected chi connectivity index (χ2v) is 7.67. The summed E-state index contributed by atoms with van der Waals surface area (Å²) < 4.78 is 1.93. The molecule has 6 nitrogen and oxygen atoms in total. The van der Waals surface area contributed by atoms with Crippen molar-refractivity contribution in [3.8, 4) is 22.5 Å². The number of H-pyrrole nitrogens is 1. The van der Waals surface area contributed by atoms with Gasteiger partial charge in [0.15, 0.2) is 17.1 Å². The van der Waals surface area contributed by atoms with Gasteiger partial charge in [0.25, 0.3) is 0 Å². The van der Waals surface area contributed by atoms with E-state index in [1.807, 2.05) is 10.6 Å². The number of fused-ring (bicyclic) bond motifs is 3. The summed E-state index contributed by atoms with van der Waals surface area (Å²) in [6, 6.07) is 18.8. The summed E-state index contributed by atoms with van der Waals surface area (Å²) in [6.45, 7) is 0. The number of aromatic nitrogens is 6. The van der Waals surface area contributed by atoms with Gasteiger partial charge >= 0.3 is 0 Å². The zero-order valence-corrected chi connectivity index (χ0v) is 15.9. The van der Waals surface area contributed by atoms with Crippen LogP contribution in [0.2, 0.25) is 0 Å². The van der Waals surface area contributed by atoms with Gasteiger partial charge < -0.3 is 4.98 Å². The van der Waals surface area contributed by atoms with Crippen LogP contribution < -0.4 is 0 Å². The predicted octanol–water partition coefficient (Wildman–Crippen LogP) is 4.99. The van der Waals surface area contributed by atoms with Crippen LogP contribution in [0, 0.1) is 0 Å². The summed E-state index contributed by atoms with van der Waals surface area (Å²) in [5.74, 6) is 2.12. The molecule has 29 heavy (non-hydrogen) atoms. The molecule has 1 aliphatic carbocycles. The number of benzene rings is 2. The molecule has 0 atom stereocenters. The maximum absolute atomic E-state index is 4.86. The smallest absolute Gasteiger partial charge is 0.185 e. The Morgan fingerprint density at radius 3 is 2.34 bits per heavy atom. The molecule has 3 heterocycles. The topological polar surface area (TPSA) is 71.8 Å². The molecule has 1 saturated carbocycles. The highest BCUT2D eigenvalue weighted by Gasteiger charge is 2.25. The van der Waals surface area contributed by atoms with Gasteiger partial charge in [0.2, 0.25) is 0 Å². The van der Waals surface area contributed by atoms with Crippen molar-refractivity contribution in [2.45, 2.75) is 31.6 Å². The molecule has 0 saturated heterocycles. The Morgan fingerprint density at radius 2 is 1.55 bits per heavy atom. The van der Waals surface area contributed by atoms with E-state index in [1.54, 1.807) is 6.33 Å². The highest BCUT2D eigenvalue weighted by Crippen LogP contribution is 2.34. The first-order valence-corrected chi connectivity index (χ1v) is 10.1. The van der Waals surface area contributed by atoms with E-state index in [9.17, 15) is 0 Å². The van der Waals surface area contributed by atoms with Crippen molar-refractivity contribution in [2.24, 2.45) is 0 Å². The average Bonchev–Trinajstić information content (AvgIpc) is 3.53. The minimum absolute atomic E-state index is 0.425. The quantitative estimate of drug-likeness (QED) is 0.478. The normalized spacial score (nSPS) is 14.9. The van der Waals surface area contributed by atoms with Gasteiger partial charge in [-0.15, -0.1) is 5.10 Å². The standard InChI is InChI=1S/C23H20N6/c1-2-6-15(7-3-1)16-10-12-17(13-11-16)20-26-23-19-21(25-14-24-19)27-22(29(23)28-20)18-8-4-5-9-18/h1-3,6-7,10-14,18H,4-5,8-9H2,(H,24,25). The average molecular weight is 380 g/mol. The molecule has 2 aromatic carbocycles. The fourth-order valence-electron chi connectivity index (χ4n) is 4.34. The lowest BCUT2D eigenvalue weighted by Crippen LogP contribution is -2.07. The van der Waals surface area contributed by atoms with Gasteiger partial charge in [-0.2, -0.15) is 4.52 Å². The fraction of sp³-hybridized carbons (Fsp3) is 0.217. The Hall–Kier alpha value is -3.54. The third kappa shape index (κ3) is 2.71. The summed E-state index contributed by atoms with van der Waals surface area (Å²) >= 11 is 0. The summed E-state index contributed by atoms with van der Waals surface area (Å²) in [5.41, 5.74) is 5.75. The molecule has 1 fully saturated rings. The molecule has 0 bridgehead atoms. The van der Waals surface area contributed by atoms with Crippen LogP contribution in [-0.2, 0) is 0 Å². The maximum atomic E-state index is 4.86. The van der Waals surface area contributed by atoms with E-state index in [4.69, 9.17) is 15.1 Å². The molecule has 0 radical (unpaired) electrons. The molecule has 5 aromatic rings. The zero-order chi connectivity index (χ0) is 19.2. The summed E-state index contributed by atoms with van der Waals surface area (Å²) in [5, 5.41) is 4.85. The molecular weight excluding hydrogens is 360 g/mol. The van der Waals surface area contributed by atoms with Crippen LogP contribution in [0.5, 0.6) is 0 Å². The molecule has 1 aliphatic rings. The molecule has 0 aliphatic heterocycles. The Balaban J connectivity index is 1.47. The molecule has 0 spiro atoms. The Kier molecular flexibility index (Phi) is 3.69. The predicted molar refractivity (Wildman–Crippen MR) is 113 cm³/mol. The molecule has 3 aromatic heterocycles. The first kappa shape index (κ1) is 16.4. The Bertz CT molecular complexity index is 1290. The van der Waals surface area contributed by atoms with Gasteiger partial charge in [0, 0.05) is 11.5 Å². The lowest BCUT2D eigenvalue weighted by molar-refractivity contribution is 0.638. The van der Waals surface area contributed by atoms with Gasteiger partial charge in [0.05, 0.1) is 6.33 Å². The van der Waals surface area contributed by atoms with E-state index in [0.717, 1.165) is 41.0 Å². The molecule has 1 N–H and O–H groups in total. The fourth-order valence-corrected chi connectivity index (χ4v) is 4.34. The number of hydrogen-bond donors (Lipinski definition) is 1. The second kappa shape index (κ2) is 6.51. The lowest BCUT2D eigenvalue weighted by Gasteiger charge is -2.09. The van der Waals surface area contributed by atoms with Gasteiger partial charge in [0.1, 0.15) is 11.3 Å². The van der Waals surface area contributed by atoms with Crippen molar-refractivity contribution in [3.63, 3.8) is 0 Å². The number of rotatable bonds is 3. The van der Waals surface area contributed by atoms with Crippen LogP contribution in [0.4, 0.5) is 0 Å². The Labute approximate surface area is 167 Å². The van der Waals surface area contributed by atoms with Gasteiger partial charge in [-0.3, -0.25) is 0 Å². The van der Waals surface area contributed by atoms with Gasteiger partial charge in [-0.05, 0) is 24.0 Å². The molecule has 0 amide bonds. The van der Waals surface area contributed by atoms with Crippen LogP contribution in [0.25, 0.3) is 39.3 Å². The van der Waals surface area contributed by atoms with Gasteiger partial charge in [-0.25, -0.2) is 15.0 Å². The minimum atomic E-state index is 0.425. The van der Waals surface area contributed by atoms with E-state index in [2.05, 4.69) is 58.5 Å². The maximum Gasteiger partial charge on any atom is 0.185 e. The Morgan fingerprint density at radius 1 is 0.828 bits per heavy atom. The monoisotopic (exact) mass is 380 g/mol. The van der Waals surface area contributed by atoms with E-state index in [1.165, 1.54) is 24.0 Å². The van der Waals surface area contributed by atoms with Crippen molar-refractivity contribution >= 4 is 16.8 Å². The van der Waals surface area contributed by atoms with E-state index >= 15 is 0 Å². The minimum Gasteiger partial charge on any atom is -0.340 e. The molecule has 6 rings (SSSR count). The molecule has 0 unspecified atom stereocenters. The largest absolute Gasteiger partial charge is 0.340 e. The number of nitrogens with zero attached hydrogens (tertiary/aromatic N) is 5. The molecule has 142 valence electrons. The number of aromatic amines is 1. The van der Waals surface area contributed by atoms with E-state index in [-0.39, 0.29) is 0 Å². The number of nitrogens with one attached hydrogen (secondary N) is 1. The van der Waals surface area contributed by atoms with Crippen LogP contribution in [-0.4, -0.2) is 29.5 Å². The molecular formula is C23H20N6. The second-order valence-electron chi connectivity index (χ2n) is 7.67. The first-order valence-electron chi connectivity index (χ1n) is 10.1. The number of hydrogen-bond acceptors (Lipinski definition) is 4. The van der Waals surface area contributed by atoms with Crippen LogP contribution in [0.1, 0.15) is 37.4 Å². The number of imidazole rings is 1. The van der Waals surface area contributed by atoms with Crippen LogP contribution in [0.15, 0.2) is 60.9 Å². The van der Waals surface area contributed by atoms with Crippen LogP contribution in [0.3, 0.4) is 0 Å². The van der Waals surface area contributed by atoms with Crippen molar-refractivity contribution < 1.29 is 0 Å². The first-order chi connectivity index (χ1) is 14.4. The van der Waals surface area contributed by atoms with E-state index in [0.29, 0.717) is 11.7 Å². The van der Waals surface area contributed by atoms with Crippen LogP contribution >= 0.6 is 0 Å². The third-order valence-electron chi connectivity index (χ3n) is 5.86. The summed E-state index contributed by atoms with van der Waals surface area (Å²) in [6.07, 6.45) is 6.47. The van der Waals surface area contributed by atoms with Crippen molar-refractivity contribution in [2.75, 3.05) is 0 Å². The van der Waals surface area contributed by atoms with Gasteiger partial charge in [-0.1, -0.05) is 67.4 Å². The summed E-state index contributed by atoms with van der Waals surface area (Å²) in [4.78, 5) is 17.2. The highest BCUT2D eigenvalue weighted by molar-refractivity contribution is 5.86. The zero-order valence-electron chi connectivity index (χ0n) is 15.9. The SMILES string of the molecule is c1ccc(-c2ccc(-c3nc4c5[nH]cnc5nc(C5CCCC5)n4n3)cc2)cc1. The summed E-state index contributed by atoms with van der Waals surface area (Å²) in [7, 11) is 0. The molecule has 6 heteroatoms. The highest BCUT2D eigenvalue weighted by atomic mass is 15.3. The lowest BCUT2D eigenvalue weighted by atomic mass is 10.0.